The average molecular weight is 506 g/mol. The first kappa shape index (κ1) is 25.9. The third kappa shape index (κ3) is 7.40. The quantitative estimate of drug-likeness (QED) is 0.374. The summed E-state index contributed by atoms with van der Waals surface area (Å²) < 4.78 is 5.85. The molecule has 0 radical (unpaired) electrons. The van der Waals surface area contributed by atoms with Crippen LogP contribution in [0.25, 0.3) is 0 Å². The molecule has 0 bridgehead atoms. The summed E-state index contributed by atoms with van der Waals surface area (Å²) in [6.45, 7) is 4.64. The molecule has 2 N–H and O–H groups in total. The van der Waals surface area contributed by atoms with Crippen molar-refractivity contribution in [3.8, 4) is 5.75 Å². The van der Waals surface area contributed by atoms with E-state index in [0.717, 1.165) is 42.0 Å². The highest BCUT2D eigenvalue weighted by Gasteiger charge is 2.28. The second-order valence-electron chi connectivity index (χ2n) is 9.66. The van der Waals surface area contributed by atoms with E-state index < -0.39 is 0 Å². The van der Waals surface area contributed by atoms with Gasteiger partial charge in [-0.3, -0.25) is 9.59 Å². The van der Waals surface area contributed by atoms with Crippen molar-refractivity contribution in [2.75, 3.05) is 0 Å². The molecule has 1 saturated carbocycles. The molecule has 1 aliphatic carbocycles. The third-order valence-corrected chi connectivity index (χ3v) is 7.43. The van der Waals surface area contributed by atoms with Gasteiger partial charge in [0.05, 0.1) is 0 Å². The molecule has 1 heterocycles. The first-order valence-corrected chi connectivity index (χ1v) is 13.7. The molecule has 190 valence electrons. The van der Waals surface area contributed by atoms with Crippen LogP contribution >= 0.6 is 11.3 Å². The Hall–Kier alpha value is -3.19. The van der Waals surface area contributed by atoms with E-state index in [9.17, 15) is 9.59 Å². The van der Waals surface area contributed by atoms with Crippen molar-refractivity contribution in [2.45, 2.75) is 77.0 Å². The number of hydrogen-bond acceptors (Lipinski definition) is 5. The number of thiazole rings is 1. The van der Waals surface area contributed by atoms with Gasteiger partial charge >= 0.3 is 0 Å². The van der Waals surface area contributed by atoms with Crippen LogP contribution in [0.1, 0.15) is 78.5 Å². The number of nitrogens with zero attached hydrogens (tertiary/aromatic N) is 1. The molecule has 0 aliphatic heterocycles. The lowest BCUT2D eigenvalue weighted by Crippen LogP contribution is -2.53. The molecule has 1 aromatic heterocycles. The van der Waals surface area contributed by atoms with Crippen LogP contribution in [0.3, 0.4) is 0 Å². The molecule has 1 fully saturated rings. The maximum atomic E-state index is 12.9. The van der Waals surface area contributed by atoms with Crippen LogP contribution in [0.2, 0.25) is 0 Å². The van der Waals surface area contributed by atoms with Gasteiger partial charge in [0, 0.05) is 23.9 Å². The minimum Gasteiger partial charge on any atom is -0.486 e. The highest BCUT2D eigenvalue weighted by molar-refractivity contribution is 7.09. The first-order valence-electron chi connectivity index (χ1n) is 12.8. The number of carbonyl (C=O) groups is 2. The van der Waals surface area contributed by atoms with Gasteiger partial charge in [-0.25, -0.2) is 4.98 Å². The van der Waals surface area contributed by atoms with Crippen LogP contribution in [0.15, 0.2) is 60.0 Å². The molecular weight excluding hydrogens is 470 g/mol. The number of carbonyl (C=O) groups excluding carboxylic acids is 2. The lowest BCUT2D eigenvalue weighted by Gasteiger charge is -2.32. The number of ether oxygens (including phenoxy) is 1. The van der Waals surface area contributed by atoms with Crippen LogP contribution in [0.4, 0.5) is 0 Å². The third-order valence-electron chi connectivity index (χ3n) is 6.61. The first-order chi connectivity index (χ1) is 17.5. The van der Waals surface area contributed by atoms with Crippen LogP contribution in [-0.2, 0) is 17.8 Å². The van der Waals surface area contributed by atoms with Crippen LogP contribution in [-0.4, -0.2) is 28.9 Å². The van der Waals surface area contributed by atoms with Gasteiger partial charge in [-0.05, 0) is 48.4 Å². The SMILES string of the molecule is CC(C)c1ccc(OCc2nc(C(=O)NC3CCCCC3NC(=O)CCc3ccccc3)cs2)cc1. The lowest BCUT2D eigenvalue weighted by atomic mass is 9.90. The number of nitrogens with one attached hydrogen (secondary N) is 2. The highest BCUT2D eigenvalue weighted by Crippen LogP contribution is 2.22. The second-order valence-corrected chi connectivity index (χ2v) is 10.6. The molecule has 1 aliphatic rings. The molecular formula is C29H35N3O3S. The smallest absolute Gasteiger partial charge is 0.271 e. The summed E-state index contributed by atoms with van der Waals surface area (Å²) in [7, 11) is 0. The van der Waals surface area contributed by atoms with Crippen molar-refractivity contribution in [1.82, 2.24) is 15.6 Å². The van der Waals surface area contributed by atoms with Crippen molar-refractivity contribution in [3.63, 3.8) is 0 Å². The summed E-state index contributed by atoms with van der Waals surface area (Å²) in [5, 5.41) is 8.80. The van der Waals surface area contributed by atoms with Gasteiger partial charge in [-0.1, -0.05) is 69.2 Å². The topological polar surface area (TPSA) is 80.3 Å². The highest BCUT2D eigenvalue weighted by atomic mass is 32.1. The van der Waals surface area contributed by atoms with E-state index in [1.807, 2.05) is 42.5 Å². The zero-order valence-electron chi connectivity index (χ0n) is 21.0. The van der Waals surface area contributed by atoms with Crippen molar-refractivity contribution in [2.24, 2.45) is 0 Å². The van der Waals surface area contributed by atoms with Crippen molar-refractivity contribution in [3.05, 3.63) is 81.8 Å². The van der Waals surface area contributed by atoms with E-state index in [-0.39, 0.29) is 23.9 Å². The van der Waals surface area contributed by atoms with Crippen LogP contribution in [0, 0.1) is 0 Å². The number of aromatic nitrogens is 1. The Morgan fingerprint density at radius 3 is 2.39 bits per heavy atom. The van der Waals surface area contributed by atoms with Crippen LogP contribution < -0.4 is 15.4 Å². The van der Waals surface area contributed by atoms with Gasteiger partial charge in [0.2, 0.25) is 5.91 Å². The molecule has 2 unspecified atom stereocenters. The van der Waals surface area contributed by atoms with Crippen molar-refractivity contribution in [1.29, 1.82) is 0 Å². The fraction of sp³-hybridized carbons (Fsp3) is 0.414. The Kier molecular flexibility index (Phi) is 9.11. The summed E-state index contributed by atoms with van der Waals surface area (Å²) in [6, 6.07) is 17.9. The van der Waals surface area contributed by atoms with Crippen molar-refractivity contribution < 1.29 is 14.3 Å². The Morgan fingerprint density at radius 2 is 1.69 bits per heavy atom. The molecule has 0 saturated heterocycles. The monoisotopic (exact) mass is 505 g/mol. The molecule has 36 heavy (non-hydrogen) atoms. The molecule has 2 amide bonds. The van der Waals surface area contributed by atoms with E-state index in [4.69, 9.17) is 4.74 Å². The normalized spacial score (nSPS) is 17.5. The second kappa shape index (κ2) is 12.7. The summed E-state index contributed by atoms with van der Waals surface area (Å²) >= 11 is 1.42. The minimum atomic E-state index is -0.200. The number of benzene rings is 2. The number of hydrogen-bond donors (Lipinski definition) is 2. The minimum absolute atomic E-state index is 0.0273. The van der Waals surface area contributed by atoms with E-state index in [1.54, 1.807) is 5.38 Å². The number of rotatable bonds is 10. The molecule has 2 atom stereocenters. The van der Waals surface area contributed by atoms with Gasteiger partial charge in [0.1, 0.15) is 23.1 Å². The van der Waals surface area contributed by atoms with E-state index in [2.05, 4.69) is 41.6 Å². The van der Waals surface area contributed by atoms with Crippen molar-refractivity contribution >= 4 is 23.2 Å². The fourth-order valence-corrected chi connectivity index (χ4v) is 5.16. The summed E-state index contributed by atoms with van der Waals surface area (Å²) in [5.74, 6) is 1.09. The van der Waals surface area contributed by atoms with E-state index in [0.29, 0.717) is 31.1 Å². The van der Waals surface area contributed by atoms with Gasteiger partial charge in [-0.15, -0.1) is 11.3 Å². The van der Waals surface area contributed by atoms with Crippen LogP contribution in [0.5, 0.6) is 5.75 Å². The van der Waals surface area contributed by atoms with Gasteiger partial charge in [-0.2, -0.15) is 0 Å². The number of amides is 2. The summed E-state index contributed by atoms with van der Waals surface area (Å²) in [6.07, 6.45) is 4.95. The molecule has 2 aromatic carbocycles. The fourth-order valence-electron chi connectivity index (χ4n) is 4.48. The number of aryl methyl sites for hydroxylation is 1. The van der Waals surface area contributed by atoms with Gasteiger partial charge in [0.15, 0.2) is 0 Å². The Bertz CT molecular complexity index is 1130. The average Bonchev–Trinajstić information content (AvgIpc) is 3.38. The van der Waals surface area contributed by atoms with E-state index in [1.165, 1.54) is 16.9 Å². The molecule has 3 aromatic rings. The Balaban J connectivity index is 1.27. The predicted molar refractivity (Wildman–Crippen MR) is 143 cm³/mol. The zero-order valence-corrected chi connectivity index (χ0v) is 21.9. The van der Waals surface area contributed by atoms with Gasteiger partial charge in [0.25, 0.3) is 5.91 Å². The molecule has 0 spiro atoms. The molecule has 6 nitrogen and oxygen atoms in total. The maximum Gasteiger partial charge on any atom is 0.271 e. The summed E-state index contributed by atoms with van der Waals surface area (Å²) in [4.78, 5) is 30.0. The standard InChI is InChI=1S/C29H35N3O3S/c1-20(2)22-13-15-23(16-14-22)35-18-28-31-26(19-36-28)29(34)32-25-11-7-6-10-24(25)30-27(33)17-12-21-8-4-3-5-9-21/h3-5,8-9,13-16,19-20,24-25H,6-7,10-12,17-18H2,1-2H3,(H,30,33)(H,32,34). The molecule has 7 heteroatoms. The molecule has 4 rings (SSSR count). The van der Waals surface area contributed by atoms with E-state index >= 15 is 0 Å². The Labute approximate surface area is 217 Å². The Morgan fingerprint density at radius 1 is 1.00 bits per heavy atom. The lowest BCUT2D eigenvalue weighted by molar-refractivity contribution is -0.122. The zero-order chi connectivity index (χ0) is 25.3. The van der Waals surface area contributed by atoms with Gasteiger partial charge < -0.3 is 15.4 Å². The summed E-state index contributed by atoms with van der Waals surface area (Å²) in [5.41, 5.74) is 2.81. The predicted octanol–water partition coefficient (Wildman–Crippen LogP) is 5.64. The largest absolute Gasteiger partial charge is 0.486 e. The maximum absolute atomic E-state index is 12.9.